The number of nitrogens with one attached hydrogen (secondary N) is 1. The first kappa shape index (κ1) is 12.8. The third kappa shape index (κ3) is 3.65. The van der Waals surface area contributed by atoms with Crippen LogP contribution < -0.4 is 11.1 Å². The van der Waals surface area contributed by atoms with Crippen molar-refractivity contribution in [2.75, 3.05) is 5.75 Å². The number of carbonyl (C=O) groups excluding carboxylic acids is 1. The van der Waals surface area contributed by atoms with Crippen molar-refractivity contribution in [3.8, 4) is 0 Å². The van der Waals surface area contributed by atoms with Gasteiger partial charge in [-0.25, -0.2) is 4.98 Å². The Bertz CT molecular complexity index is 380. The highest BCUT2D eigenvalue weighted by atomic mass is 32.2. The lowest BCUT2D eigenvalue weighted by molar-refractivity contribution is -0.124. The lowest BCUT2D eigenvalue weighted by Gasteiger charge is -2.27. The molecule has 1 fully saturated rings. The van der Waals surface area contributed by atoms with Crippen LogP contribution in [0.2, 0.25) is 0 Å². The molecule has 7 heteroatoms. The van der Waals surface area contributed by atoms with Gasteiger partial charge in [-0.3, -0.25) is 4.79 Å². The number of primary amides is 1. The van der Waals surface area contributed by atoms with Crippen LogP contribution in [0, 0.1) is 0 Å². The number of amides is 1. The highest BCUT2D eigenvalue weighted by molar-refractivity contribution is 8.00. The lowest BCUT2D eigenvalue weighted by Crippen LogP contribution is -2.54. The number of hydrogen-bond donors (Lipinski definition) is 2. The molecule has 0 spiro atoms. The van der Waals surface area contributed by atoms with Gasteiger partial charge in [-0.1, -0.05) is 11.8 Å². The Morgan fingerprint density at radius 2 is 2.53 bits per heavy atom. The summed E-state index contributed by atoms with van der Waals surface area (Å²) in [4.78, 5) is 15.6. The smallest absolute Gasteiger partial charge is 0.237 e. The second-order valence-corrected chi connectivity index (χ2v) is 6.54. The molecule has 17 heavy (non-hydrogen) atoms. The summed E-state index contributed by atoms with van der Waals surface area (Å²) < 4.78 is 4.87. The predicted octanol–water partition coefficient (Wildman–Crippen LogP) is 1.02. The van der Waals surface area contributed by atoms with Crippen LogP contribution in [0.3, 0.4) is 0 Å². The fourth-order valence-corrected chi connectivity index (χ4v) is 3.19. The van der Waals surface area contributed by atoms with E-state index in [1.165, 1.54) is 11.5 Å². The molecule has 0 aliphatic heterocycles. The number of thioether (sulfide) groups is 1. The van der Waals surface area contributed by atoms with Crippen molar-refractivity contribution in [1.29, 1.82) is 0 Å². The Labute approximate surface area is 109 Å². The van der Waals surface area contributed by atoms with Crippen LogP contribution in [0.4, 0.5) is 0 Å². The average molecular weight is 272 g/mol. The van der Waals surface area contributed by atoms with Crippen LogP contribution in [0.25, 0.3) is 0 Å². The van der Waals surface area contributed by atoms with Crippen molar-refractivity contribution in [2.24, 2.45) is 5.73 Å². The second-order valence-electron chi connectivity index (χ2n) is 4.42. The first-order valence-electron chi connectivity index (χ1n) is 5.57. The average Bonchev–Trinajstić information content (AvgIpc) is 2.93. The largest absolute Gasteiger partial charge is 0.368 e. The molecule has 0 radical (unpaired) electrons. The van der Waals surface area contributed by atoms with Gasteiger partial charge in [0.25, 0.3) is 0 Å². The molecule has 0 bridgehead atoms. The van der Waals surface area contributed by atoms with Gasteiger partial charge in [-0.2, -0.15) is 4.37 Å². The number of aromatic nitrogens is 2. The molecule has 1 aromatic heterocycles. The maximum absolute atomic E-state index is 11.5. The summed E-state index contributed by atoms with van der Waals surface area (Å²) in [6, 6.07) is 0.471. The highest BCUT2D eigenvalue weighted by Gasteiger charge is 2.36. The van der Waals surface area contributed by atoms with Gasteiger partial charge in [-0.05, 0) is 37.7 Å². The van der Waals surface area contributed by atoms with Gasteiger partial charge in [0.2, 0.25) is 5.91 Å². The number of nitrogens with zero attached hydrogens (tertiary/aromatic N) is 2. The van der Waals surface area contributed by atoms with E-state index >= 15 is 0 Å². The molecule has 0 saturated heterocycles. The van der Waals surface area contributed by atoms with Crippen LogP contribution in [0.15, 0.2) is 10.7 Å². The van der Waals surface area contributed by atoms with Crippen molar-refractivity contribution in [3.63, 3.8) is 0 Å². The molecule has 1 unspecified atom stereocenters. The Balaban J connectivity index is 1.82. The molecule has 0 aromatic carbocycles. The minimum absolute atomic E-state index is 0.276. The van der Waals surface area contributed by atoms with Crippen molar-refractivity contribution in [1.82, 2.24) is 14.7 Å². The summed E-state index contributed by atoms with van der Waals surface area (Å²) in [5.74, 6) is 0.538. The molecule has 5 nitrogen and oxygen atoms in total. The first-order valence-corrected chi connectivity index (χ1v) is 7.33. The van der Waals surface area contributed by atoms with Gasteiger partial charge in [0.15, 0.2) is 4.34 Å². The molecule has 2 rings (SSSR count). The molecule has 1 amide bonds. The van der Waals surface area contributed by atoms with Gasteiger partial charge >= 0.3 is 0 Å². The van der Waals surface area contributed by atoms with Gasteiger partial charge < -0.3 is 11.1 Å². The molecule has 1 atom stereocenters. The summed E-state index contributed by atoms with van der Waals surface area (Å²) in [5, 5.41) is 3.33. The molecule has 1 aliphatic rings. The first-order chi connectivity index (χ1) is 8.10. The quantitative estimate of drug-likeness (QED) is 0.724. The predicted molar refractivity (Wildman–Crippen MR) is 69.0 cm³/mol. The minimum atomic E-state index is -0.598. The van der Waals surface area contributed by atoms with E-state index in [0.29, 0.717) is 12.5 Å². The van der Waals surface area contributed by atoms with Crippen LogP contribution in [0.5, 0.6) is 0 Å². The van der Waals surface area contributed by atoms with Crippen LogP contribution in [0.1, 0.15) is 26.2 Å². The zero-order valence-electron chi connectivity index (χ0n) is 9.68. The zero-order chi connectivity index (χ0) is 12.3. The van der Waals surface area contributed by atoms with Crippen molar-refractivity contribution in [2.45, 2.75) is 42.1 Å². The highest BCUT2D eigenvalue weighted by Crippen LogP contribution is 2.26. The summed E-state index contributed by atoms with van der Waals surface area (Å²) >= 11 is 2.99. The third-order valence-corrected chi connectivity index (χ3v) is 4.61. The van der Waals surface area contributed by atoms with Crippen LogP contribution in [-0.2, 0) is 4.79 Å². The van der Waals surface area contributed by atoms with E-state index in [1.54, 1.807) is 18.1 Å². The van der Waals surface area contributed by atoms with Crippen LogP contribution in [-0.4, -0.2) is 32.6 Å². The lowest BCUT2D eigenvalue weighted by atomic mass is 9.98. The van der Waals surface area contributed by atoms with E-state index in [-0.39, 0.29) is 5.91 Å². The standard InChI is InChI=1S/C10H16N4OS2/c1-10(8(11)15,14-7-2-3-7)4-5-16-9-12-6-13-17-9/h6-7,14H,2-5H2,1H3,(H2,11,15). The maximum atomic E-state index is 11.5. The van der Waals surface area contributed by atoms with E-state index in [9.17, 15) is 4.79 Å². The number of carbonyl (C=O) groups is 1. The Morgan fingerprint density at radius 3 is 3.06 bits per heavy atom. The van der Waals surface area contributed by atoms with Gasteiger partial charge in [0.1, 0.15) is 6.33 Å². The molecule has 1 aliphatic carbocycles. The van der Waals surface area contributed by atoms with E-state index in [4.69, 9.17) is 5.73 Å². The minimum Gasteiger partial charge on any atom is -0.368 e. The topological polar surface area (TPSA) is 80.9 Å². The molecule has 94 valence electrons. The Kier molecular flexibility index (Phi) is 4.01. The van der Waals surface area contributed by atoms with Crippen LogP contribution >= 0.6 is 23.3 Å². The maximum Gasteiger partial charge on any atom is 0.237 e. The van der Waals surface area contributed by atoms with E-state index in [0.717, 1.165) is 22.9 Å². The molecular weight excluding hydrogens is 256 g/mol. The van der Waals surface area contributed by atoms with E-state index in [2.05, 4.69) is 14.7 Å². The fraction of sp³-hybridized carbons (Fsp3) is 0.700. The summed E-state index contributed by atoms with van der Waals surface area (Å²) in [7, 11) is 0. The molecular formula is C10H16N4OS2. The second kappa shape index (κ2) is 5.32. The monoisotopic (exact) mass is 272 g/mol. The Morgan fingerprint density at radius 1 is 1.76 bits per heavy atom. The summed E-state index contributed by atoms with van der Waals surface area (Å²) in [6.45, 7) is 1.88. The molecule has 1 heterocycles. The van der Waals surface area contributed by atoms with Gasteiger partial charge in [0.05, 0.1) is 5.54 Å². The van der Waals surface area contributed by atoms with Gasteiger partial charge in [0, 0.05) is 11.8 Å². The fourth-order valence-electron chi connectivity index (χ4n) is 1.51. The number of rotatable bonds is 7. The molecule has 3 N–H and O–H groups in total. The van der Waals surface area contributed by atoms with Gasteiger partial charge in [-0.15, -0.1) is 0 Å². The summed E-state index contributed by atoms with van der Waals surface area (Å²) in [6.07, 6.45) is 4.55. The zero-order valence-corrected chi connectivity index (χ0v) is 11.3. The van der Waals surface area contributed by atoms with Crippen molar-refractivity contribution >= 4 is 29.2 Å². The normalized spacial score (nSPS) is 18.9. The van der Waals surface area contributed by atoms with E-state index < -0.39 is 5.54 Å². The van der Waals surface area contributed by atoms with E-state index in [1.807, 2.05) is 6.92 Å². The molecule has 1 aromatic rings. The number of hydrogen-bond acceptors (Lipinski definition) is 6. The van der Waals surface area contributed by atoms with Crippen molar-refractivity contribution in [3.05, 3.63) is 6.33 Å². The number of nitrogens with two attached hydrogens (primary N) is 1. The SMILES string of the molecule is CC(CCSc1ncns1)(NC1CC1)C(N)=O. The molecule has 1 saturated carbocycles. The third-order valence-electron chi connectivity index (χ3n) is 2.81. The summed E-state index contributed by atoms with van der Waals surface area (Å²) in [5.41, 5.74) is 4.87. The van der Waals surface area contributed by atoms with Crippen molar-refractivity contribution < 1.29 is 4.79 Å². The Hall–Kier alpha value is -0.660.